The van der Waals surface area contributed by atoms with Gasteiger partial charge in [0.15, 0.2) is 4.80 Å². The second kappa shape index (κ2) is 8.94. The van der Waals surface area contributed by atoms with Gasteiger partial charge in [-0.15, -0.1) is 0 Å². The first kappa shape index (κ1) is 22.7. The van der Waals surface area contributed by atoms with E-state index in [0.29, 0.717) is 36.4 Å². The van der Waals surface area contributed by atoms with Crippen molar-refractivity contribution >= 4 is 37.5 Å². The van der Waals surface area contributed by atoms with E-state index in [4.69, 9.17) is 0 Å². The molecule has 0 spiro atoms. The second-order valence-corrected chi connectivity index (χ2v) is 11.3. The fourth-order valence-electron chi connectivity index (χ4n) is 4.32. The summed E-state index contributed by atoms with van der Waals surface area (Å²) in [6, 6.07) is 20.2. The van der Waals surface area contributed by atoms with Crippen LogP contribution in [0.4, 0.5) is 0 Å². The number of nitrogens with zero attached hydrogens (tertiary/aromatic N) is 3. The van der Waals surface area contributed by atoms with Gasteiger partial charge in [0.25, 0.3) is 5.91 Å². The Labute approximate surface area is 202 Å². The monoisotopic (exact) mass is 491 g/mol. The summed E-state index contributed by atoms with van der Waals surface area (Å²) >= 11 is 1.48. The van der Waals surface area contributed by atoms with Gasteiger partial charge in [-0.05, 0) is 73.4 Å². The highest BCUT2D eigenvalue weighted by Crippen LogP contribution is 2.25. The number of carbonyl (C=O) groups excluding carboxylic acids is 1. The number of hydrogen-bond donors (Lipinski definition) is 0. The van der Waals surface area contributed by atoms with E-state index in [0.717, 1.165) is 21.3 Å². The van der Waals surface area contributed by atoms with Gasteiger partial charge in [0.2, 0.25) is 10.0 Å². The van der Waals surface area contributed by atoms with Crippen LogP contribution in [0.25, 0.3) is 10.2 Å². The summed E-state index contributed by atoms with van der Waals surface area (Å²) in [5, 5.41) is 0. The minimum absolute atomic E-state index is 0.185. The lowest BCUT2D eigenvalue weighted by Gasteiger charge is -2.28. The van der Waals surface area contributed by atoms with Crippen molar-refractivity contribution < 1.29 is 13.2 Å². The van der Waals surface area contributed by atoms with Crippen LogP contribution in [0.5, 0.6) is 0 Å². The van der Waals surface area contributed by atoms with Gasteiger partial charge in [0.1, 0.15) is 0 Å². The molecule has 2 heterocycles. The van der Waals surface area contributed by atoms with Crippen molar-refractivity contribution in [2.45, 2.75) is 38.3 Å². The molecule has 5 rings (SSSR count). The SMILES string of the molecule is CCn1c(=NC(=O)c2ccc(S(=O)(=O)N3CCc4ccccc4C3)cc2)sc2cc(C)ccc21. The first-order valence-electron chi connectivity index (χ1n) is 11.2. The van der Waals surface area contributed by atoms with Crippen LogP contribution in [-0.4, -0.2) is 29.7 Å². The maximum atomic E-state index is 13.2. The van der Waals surface area contributed by atoms with E-state index in [-0.39, 0.29) is 10.8 Å². The Morgan fingerprint density at radius 3 is 2.50 bits per heavy atom. The summed E-state index contributed by atoms with van der Waals surface area (Å²) < 4.78 is 31.0. The third-order valence-electron chi connectivity index (χ3n) is 6.19. The molecular formula is C26H25N3O3S2. The molecule has 4 aromatic rings. The van der Waals surface area contributed by atoms with Gasteiger partial charge in [-0.25, -0.2) is 8.42 Å². The molecule has 6 nitrogen and oxygen atoms in total. The van der Waals surface area contributed by atoms with E-state index in [1.807, 2.05) is 54.8 Å². The molecule has 0 bridgehead atoms. The molecule has 0 saturated heterocycles. The minimum Gasteiger partial charge on any atom is -0.317 e. The van der Waals surface area contributed by atoms with E-state index in [1.165, 1.54) is 33.3 Å². The average molecular weight is 492 g/mol. The van der Waals surface area contributed by atoms with Crippen LogP contribution in [-0.2, 0) is 29.5 Å². The molecule has 3 aromatic carbocycles. The summed E-state index contributed by atoms with van der Waals surface area (Å²) in [6.07, 6.45) is 0.691. The number of amides is 1. The van der Waals surface area contributed by atoms with Crippen LogP contribution in [0, 0.1) is 6.92 Å². The molecule has 0 saturated carbocycles. The lowest BCUT2D eigenvalue weighted by Crippen LogP contribution is -2.35. The molecule has 1 aliphatic heterocycles. The summed E-state index contributed by atoms with van der Waals surface area (Å²) in [4.78, 5) is 18.1. The molecule has 0 aliphatic carbocycles. The Bertz CT molecular complexity index is 1570. The van der Waals surface area contributed by atoms with Crippen molar-refractivity contribution in [1.82, 2.24) is 8.87 Å². The van der Waals surface area contributed by atoms with Crippen molar-refractivity contribution in [1.29, 1.82) is 0 Å². The molecule has 1 aliphatic rings. The molecule has 0 radical (unpaired) electrons. The third kappa shape index (κ3) is 4.13. The summed E-state index contributed by atoms with van der Waals surface area (Å²) in [5.74, 6) is -0.388. The molecule has 0 fully saturated rings. The summed E-state index contributed by atoms with van der Waals surface area (Å²) in [5.41, 5.74) is 4.79. The lowest BCUT2D eigenvalue weighted by atomic mass is 10.0. The molecule has 174 valence electrons. The van der Waals surface area contributed by atoms with Crippen molar-refractivity contribution in [3.8, 4) is 0 Å². The van der Waals surface area contributed by atoms with E-state index >= 15 is 0 Å². The maximum Gasteiger partial charge on any atom is 0.279 e. The van der Waals surface area contributed by atoms with Crippen LogP contribution in [0.2, 0.25) is 0 Å². The van der Waals surface area contributed by atoms with Gasteiger partial charge in [-0.3, -0.25) is 4.79 Å². The zero-order chi connectivity index (χ0) is 23.9. The number of carbonyl (C=O) groups is 1. The van der Waals surface area contributed by atoms with Gasteiger partial charge in [0.05, 0.1) is 15.1 Å². The normalized spacial score (nSPS) is 14.9. The molecular weight excluding hydrogens is 466 g/mol. The molecule has 0 atom stereocenters. The number of sulfonamides is 1. The van der Waals surface area contributed by atoms with E-state index in [1.54, 1.807) is 12.1 Å². The number of fused-ring (bicyclic) bond motifs is 2. The quantitative estimate of drug-likeness (QED) is 0.421. The Balaban J connectivity index is 1.41. The highest BCUT2D eigenvalue weighted by molar-refractivity contribution is 7.89. The maximum absolute atomic E-state index is 13.2. The molecule has 1 aromatic heterocycles. The van der Waals surface area contributed by atoms with Crippen LogP contribution < -0.4 is 4.80 Å². The largest absolute Gasteiger partial charge is 0.317 e. The van der Waals surface area contributed by atoms with Crippen molar-refractivity contribution in [3.05, 3.63) is 93.8 Å². The number of rotatable bonds is 4. The summed E-state index contributed by atoms with van der Waals surface area (Å²) in [7, 11) is -3.65. The predicted octanol–water partition coefficient (Wildman–Crippen LogP) is 4.52. The van der Waals surface area contributed by atoms with Crippen molar-refractivity contribution in [2.24, 2.45) is 4.99 Å². The lowest BCUT2D eigenvalue weighted by molar-refractivity contribution is 0.0997. The van der Waals surface area contributed by atoms with Gasteiger partial charge in [0, 0.05) is 25.2 Å². The predicted molar refractivity (Wildman–Crippen MR) is 134 cm³/mol. The number of aryl methyl sites for hydroxylation is 2. The first-order valence-corrected chi connectivity index (χ1v) is 13.5. The Hall–Kier alpha value is -3.07. The Morgan fingerprint density at radius 1 is 1.03 bits per heavy atom. The number of thiazole rings is 1. The number of benzene rings is 3. The van der Waals surface area contributed by atoms with Gasteiger partial charge < -0.3 is 4.57 Å². The van der Waals surface area contributed by atoms with Gasteiger partial charge >= 0.3 is 0 Å². The minimum atomic E-state index is -3.65. The van der Waals surface area contributed by atoms with Crippen LogP contribution in [0.1, 0.15) is 34.0 Å². The zero-order valence-electron chi connectivity index (χ0n) is 19.1. The van der Waals surface area contributed by atoms with E-state index < -0.39 is 10.0 Å². The fraction of sp³-hybridized carbons (Fsp3) is 0.231. The fourth-order valence-corrected chi connectivity index (χ4v) is 6.93. The smallest absolute Gasteiger partial charge is 0.279 e. The number of hydrogen-bond acceptors (Lipinski definition) is 4. The standard InChI is InChI=1S/C26H25N3O3S2/c1-3-29-23-13-8-18(2)16-24(23)33-26(29)27-25(30)20-9-11-22(12-10-20)34(31,32)28-15-14-19-6-4-5-7-21(19)17-28/h4-13,16H,3,14-15,17H2,1-2H3. The molecule has 8 heteroatoms. The van der Waals surface area contributed by atoms with E-state index in [2.05, 4.69) is 11.1 Å². The average Bonchev–Trinajstić information content (AvgIpc) is 3.19. The Kier molecular flexibility index (Phi) is 5.97. The zero-order valence-corrected chi connectivity index (χ0v) is 20.7. The highest BCUT2D eigenvalue weighted by Gasteiger charge is 2.28. The van der Waals surface area contributed by atoms with Crippen LogP contribution >= 0.6 is 11.3 Å². The van der Waals surface area contributed by atoms with Crippen LogP contribution in [0.3, 0.4) is 0 Å². The Morgan fingerprint density at radius 2 is 1.76 bits per heavy atom. The molecule has 1 amide bonds. The summed E-state index contributed by atoms with van der Waals surface area (Å²) in [6.45, 7) is 5.56. The molecule has 0 unspecified atom stereocenters. The van der Waals surface area contributed by atoms with Gasteiger partial charge in [-0.1, -0.05) is 41.7 Å². The molecule has 0 N–H and O–H groups in total. The van der Waals surface area contributed by atoms with Crippen molar-refractivity contribution in [2.75, 3.05) is 6.54 Å². The first-order chi connectivity index (χ1) is 16.4. The van der Waals surface area contributed by atoms with E-state index in [9.17, 15) is 13.2 Å². The van der Waals surface area contributed by atoms with Crippen LogP contribution in [0.15, 0.2) is 76.6 Å². The second-order valence-electron chi connectivity index (χ2n) is 8.40. The topological polar surface area (TPSA) is 71.7 Å². The van der Waals surface area contributed by atoms with Gasteiger partial charge in [-0.2, -0.15) is 9.30 Å². The third-order valence-corrected chi connectivity index (χ3v) is 9.09. The van der Waals surface area contributed by atoms with Crippen molar-refractivity contribution in [3.63, 3.8) is 0 Å². The number of aromatic nitrogens is 1. The highest BCUT2D eigenvalue weighted by atomic mass is 32.2. The molecule has 34 heavy (non-hydrogen) atoms.